The number of hydrogen-bond acceptors (Lipinski definition) is 8. The Morgan fingerprint density at radius 2 is 1.98 bits per heavy atom. The smallest absolute Gasteiger partial charge is 0.381 e. The second-order valence-corrected chi connectivity index (χ2v) is 12.4. The van der Waals surface area contributed by atoms with Crippen molar-refractivity contribution >= 4 is 17.5 Å². The number of anilines is 2. The van der Waals surface area contributed by atoms with Crippen LogP contribution in [0.2, 0.25) is 0 Å². The number of pyridine rings is 1. The summed E-state index contributed by atoms with van der Waals surface area (Å²) in [6, 6.07) is 8.43. The van der Waals surface area contributed by atoms with Gasteiger partial charge in [-0.15, -0.1) is 10.2 Å². The molecule has 0 bridgehead atoms. The number of rotatable bonds is 10. The molecule has 2 N–H and O–H groups in total. The Kier molecular flexibility index (Phi) is 7.62. The van der Waals surface area contributed by atoms with Crippen molar-refractivity contribution < 1.29 is 22.7 Å². The van der Waals surface area contributed by atoms with E-state index in [9.17, 15) is 18.0 Å². The van der Waals surface area contributed by atoms with Crippen molar-refractivity contribution in [1.82, 2.24) is 25.1 Å². The molecule has 6 rings (SSSR count). The van der Waals surface area contributed by atoms with Gasteiger partial charge in [-0.3, -0.25) is 9.69 Å². The maximum atomic E-state index is 14.4. The predicted molar refractivity (Wildman–Crippen MR) is 156 cm³/mol. The fourth-order valence-corrected chi connectivity index (χ4v) is 6.62. The predicted octanol–water partition coefficient (Wildman–Crippen LogP) is 4.84. The number of carbonyl (C=O) groups is 1. The van der Waals surface area contributed by atoms with Gasteiger partial charge in [0.1, 0.15) is 23.8 Å². The van der Waals surface area contributed by atoms with Gasteiger partial charge in [-0.2, -0.15) is 18.4 Å². The molecule has 2 fully saturated rings. The first-order valence-electron chi connectivity index (χ1n) is 14.8. The number of methoxy groups -OCH3 is 1. The van der Waals surface area contributed by atoms with Crippen LogP contribution in [0.15, 0.2) is 30.6 Å². The quantitative estimate of drug-likeness (QED) is 0.314. The highest BCUT2D eigenvalue weighted by molar-refractivity contribution is 6.10. The monoisotopic (exact) mass is 608 g/mol. The van der Waals surface area contributed by atoms with Crippen molar-refractivity contribution in [2.75, 3.05) is 23.9 Å². The lowest BCUT2D eigenvalue weighted by Gasteiger charge is -2.46. The van der Waals surface area contributed by atoms with E-state index >= 15 is 0 Å². The van der Waals surface area contributed by atoms with Crippen LogP contribution in [-0.2, 0) is 36.5 Å². The number of halogens is 3. The number of nitrogens with one attached hydrogen (secondary N) is 2. The highest BCUT2D eigenvalue weighted by Crippen LogP contribution is 2.50. The van der Waals surface area contributed by atoms with E-state index < -0.39 is 23.1 Å². The number of nitrogens with zero attached hydrogens (tertiary/aromatic N) is 6. The Morgan fingerprint density at radius 3 is 2.59 bits per heavy atom. The molecule has 2 saturated carbocycles. The van der Waals surface area contributed by atoms with E-state index in [1.54, 1.807) is 25.6 Å². The molecular formula is C31H35F3N8O2. The zero-order valence-electron chi connectivity index (χ0n) is 25.0. The van der Waals surface area contributed by atoms with Gasteiger partial charge in [0.15, 0.2) is 0 Å². The van der Waals surface area contributed by atoms with Crippen LogP contribution < -0.4 is 15.5 Å². The topological polar surface area (TPSA) is 121 Å². The highest BCUT2D eigenvalue weighted by atomic mass is 19.4. The van der Waals surface area contributed by atoms with Gasteiger partial charge in [0.25, 0.3) is 5.91 Å². The third-order valence-electron chi connectivity index (χ3n) is 9.39. The highest BCUT2D eigenvalue weighted by Gasteiger charge is 2.51. The third kappa shape index (κ3) is 5.30. The van der Waals surface area contributed by atoms with Crippen LogP contribution in [-0.4, -0.2) is 51.0 Å². The lowest BCUT2D eigenvalue weighted by atomic mass is 9.62. The van der Waals surface area contributed by atoms with Crippen molar-refractivity contribution in [3.05, 3.63) is 64.2 Å². The average molecular weight is 609 g/mol. The summed E-state index contributed by atoms with van der Waals surface area (Å²) >= 11 is 0. The Balaban J connectivity index is 1.40. The van der Waals surface area contributed by atoms with Gasteiger partial charge in [0.05, 0.1) is 36.1 Å². The molecule has 3 heterocycles. The summed E-state index contributed by atoms with van der Waals surface area (Å²) in [6.45, 7) is 2.35. The number of aryl methyl sites for hydroxylation is 1. The Hall–Kier alpha value is -4.02. The summed E-state index contributed by atoms with van der Waals surface area (Å²) in [4.78, 5) is 19.8. The molecule has 3 aliphatic rings. The number of hydrogen-bond donors (Lipinski definition) is 2. The van der Waals surface area contributed by atoms with Crippen LogP contribution in [0, 0.1) is 11.3 Å². The van der Waals surface area contributed by atoms with E-state index in [1.807, 2.05) is 17.7 Å². The molecule has 10 nitrogen and oxygen atoms in total. The molecule has 0 saturated heterocycles. The van der Waals surface area contributed by atoms with E-state index in [2.05, 4.69) is 38.8 Å². The first kappa shape index (κ1) is 30.0. The molecule has 1 amide bonds. The zero-order chi connectivity index (χ0) is 31.3. The number of alkyl halides is 3. The molecule has 1 aliphatic heterocycles. The lowest BCUT2D eigenvalue weighted by molar-refractivity contribution is -0.138. The number of aromatic nitrogens is 4. The molecule has 13 heteroatoms. The first-order valence-corrected chi connectivity index (χ1v) is 14.8. The fraction of sp³-hybridized carbons (Fsp3) is 0.516. The molecule has 232 valence electrons. The van der Waals surface area contributed by atoms with Gasteiger partial charge in [-0.25, -0.2) is 4.98 Å². The summed E-state index contributed by atoms with van der Waals surface area (Å²) in [5, 5.41) is 24.1. The second kappa shape index (κ2) is 11.2. The molecule has 3 aromatic rings. The van der Waals surface area contributed by atoms with Gasteiger partial charge in [0, 0.05) is 38.3 Å². The molecule has 44 heavy (non-hydrogen) atoms. The van der Waals surface area contributed by atoms with Crippen LogP contribution in [0.1, 0.15) is 83.9 Å². The molecule has 1 aromatic carbocycles. The summed E-state index contributed by atoms with van der Waals surface area (Å²) < 4.78 is 50.6. The summed E-state index contributed by atoms with van der Waals surface area (Å²) in [7, 11) is 3.50. The number of amides is 1. The standard InChI is InChI=1S/C31H35F3N8O2/c1-29(6-4-7-29)37-16-19-10-22-23(24(11-19)31(32,33)34)17-42(27(22)43)26-13-20(12-25(39-26)36-9-5-8-35)30(14-21(15-30)44-3)28-40-38-18-41(28)2/h10-13,18,21,37H,4-7,9,14-17H2,1-3H3,(H,36,39)/t21-,30+. The number of fused-ring (bicyclic) bond motifs is 1. The molecule has 0 spiro atoms. The minimum absolute atomic E-state index is 0.0282. The van der Waals surface area contributed by atoms with E-state index in [1.165, 1.54) is 4.90 Å². The Labute approximate surface area is 253 Å². The maximum absolute atomic E-state index is 14.4. The van der Waals surface area contributed by atoms with Crippen LogP contribution in [0.3, 0.4) is 0 Å². The van der Waals surface area contributed by atoms with Gasteiger partial charge >= 0.3 is 6.18 Å². The van der Waals surface area contributed by atoms with Crippen molar-refractivity contribution in [2.24, 2.45) is 7.05 Å². The van der Waals surface area contributed by atoms with Crippen molar-refractivity contribution in [3.63, 3.8) is 0 Å². The number of nitriles is 1. The number of ether oxygens (including phenoxy) is 1. The SMILES string of the molecule is CO[C@H]1C[C@@](c2cc(NCCC#N)nc(N3Cc4c(cc(CNC5(C)CCC5)cc4C(F)(F)F)C3=O)c2)(c2nncn2C)C1. The van der Waals surface area contributed by atoms with Crippen molar-refractivity contribution in [1.29, 1.82) is 5.26 Å². The van der Waals surface area contributed by atoms with Gasteiger partial charge in [-0.05, 0) is 80.0 Å². The minimum Gasteiger partial charge on any atom is -0.381 e. The van der Waals surface area contributed by atoms with Gasteiger partial charge < -0.3 is 19.9 Å². The molecule has 0 radical (unpaired) electrons. The Morgan fingerprint density at radius 1 is 1.20 bits per heavy atom. The summed E-state index contributed by atoms with van der Waals surface area (Å²) in [6.07, 6.45) is 1.37. The summed E-state index contributed by atoms with van der Waals surface area (Å²) in [5.41, 5.74) is -0.340. The first-order chi connectivity index (χ1) is 21.0. The number of benzene rings is 1. The largest absolute Gasteiger partial charge is 0.416 e. The van der Waals surface area contributed by atoms with Crippen molar-refractivity contribution in [2.45, 2.75) is 81.8 Å². The molecule has 0 atom stereocenters. The van der Waals surface area contributed by atoms with Crippen LogP contribution in [0.5, 0.6) is 0 Å². The molecule has 2 aliphatic carbocycles. The Bertz CT molecular complexity index is 1620. The fourth-order valence-electron chi connectivity index (χ4n) is 6.62. The normalized spacial score (nSPS) is 22.2. The van der Waals surface area contributed by atoms with E-state index in [4.69, 9.17) is 10.00 Å². The van der Waals surface area contributed by atoms with Gasteiger partial charge in [0.2, 0.25) is 0 Å². The van der Waals surface area contributed by atoms with Crippen molar-refractivity contribution in [3.8, 4) is 6.07 Å². The second-order valence-electron chi connectivity index (χ2n) is 12.4. The van der Waals surface area contributed by atoms with Gasteiger partial charge in [-0.1, -0.05) is 0 Å². The third-order valence-corrected chi connectivity index (χ3v) is 9.39. The minimum atomic E-state index is -4.63. The van der Waals surface area contributed by atoms with E-state index in [0.717, 1.165) is 30.9 Å². The molecule has 0 unspecified atom stereocenters. The number of carbonyl (C=O) groups excluding carboxylic acids is 1. The maximum Gasteiger partial charge on any atom is 0.416 e. The van der Waals surface area contributed by atoms with Crippen LogP contribution in [0.25, 0.3) is 0 Å². The molecular weight excluding hydrogens is 573 g/mol. The molecule has 2 aromatic heterocycles. The van der Waals surface area contributed by atoms with Crippen LogP contribution >= 0.6 is 0 Å². The lowest BCUT2D eigenvalue weighted by Crippen LogP contribution is -2.48. The van der Waals surface area contributed by atoms with E-state index in [-0.39, 0.29) is 48.1 Å². The van der Waals surface area contributed by atoms with E-state index in [0.29, 0.717) is 36.6 Å². The van der Waals surface area contributed by atoms with Crippen LogP contribution in [0.4, 0.5) is 24.8 Å². The average Bonchev–Trinajstić information content (AvgIpc) is 3.53. The summed E-state index contributed by atoms with van der Waals surface area (Å²) in [5.74, 6) is 0.804. The zero-order valence-corrected chi connectivity index (χ0v) is 25.0.